The molecule has 752 valence electrons. The van der Waals surface area contributed by atoms with Crippen molar-refractivity contribution in [2.45, 2.75) is 225 Å². The molecule has 15 atom stereocenters. The molecule has 2 bridgehead atoms. The quantitative estimate of drug-likeness (QED) is 0.00715. The first-order valence-corrected chi connectivity index (χ1v) is 49.0. The van der Waals surface area contributed by atoms with Gasteiger partial charge in [0.1, 0.15) is 60.0 Å². The maximum atomic E-state index is 14.8. The van der Waals surface area contributed by atoms with Gasteiger partial charge >= 0.3 is 12.1 Å². The number of anilines is 5. The fourth-order valence-corrected chi connectivity index (χ4v) is 19.5. The van der Waals surface area contributed by atoms with Gasteiger partial charge in [0.2, 0.25) is 29.5 Å². The predicted molar refractivity (Wildman–Crippen MR) is 520 cm³/mol. The molecule has 6 aliphatic heterocycles. The van der Waals surface area contributed by atoms with Crippen LogP contribution in [0.2, 0.25) is 0 Å². The Kier molecular flexibility index (Phi) is 38.4. The number of Topliss-reactive ketones (excluding diaryl/α,β-unsaturated/α-hetero) is 2. The number of alkyl carbamates (subject to hydrolysis) is 1. The number of oxazole rings is 1. The van der Waals surface area contributed by atoms with Gasteiger partial charge in [0.15, 0.2) is 11.4 Å². The average Bonchev–Trinajstić information content (AvgIpc) is 1.79. The highest BCUT2D eigenvalue weighted by Gasteiger charge is 2.45. The number of ether oxygens (including phenoxy) is 8. The fraction of sp³-hybridized carbons (Fsp3) is 0.584. The zero-order valence-corrected chi connectivity index (χ0v) is 81.5. The summed E-state index contributed by atoms with van der Waals surface area (Å²) in [5, 5.41) is 40.8. The second-order valence-electron chi connectivity index (χ2n) is 37.8. The summed E-state index contributed by atoms with van der Waals surface area (Å²) in [6.07, 6.45) is 19.0. The molecule has 38 heteroatoms. The molecule has 38 nitrogen and oxygen atoms in total. The van der Waals surface area contributed by atoms with E-state index in [4.69, 9.17) is 59.2 Å². The molecule has 4 aromatic heterocycles. The van der Waals surface area contributed by atoms with E-state index in [2.05, 4.69) is 66.7 Å². The van der Waals surface area contributed by atoms with E-state index in [1.807, 2.05) is 84.9 Å². The van der Waals surface area contributed by atoms with E-state index < -0.39 is 90.1 Å². The van der Waals surface area contributed by atoms with Crippen molar-refractivity contribution in [1.29, 1.82) is 5.41 Å². The highest BCUT2D eigenvalue weighted by Crippen LogP contribution is 2.37. The lowest BCUT2D eigenvalue weighted by Gasteiger charge is -2.38. The standard InChI is InChI=1S/C101H139N19O19/c1-62-15-11-10-12-16-63(2)81(131-7)52-75-24-18-64(3)92(136-75)91(126)96(128)120-32-14-13-17-78(120)97(129)137-76(53-82(132-8)65(4)48-67(6)89(124)90(125)88(123)66(5)47-62)25-20-68-21-26-80(83(50-68)133-9)139-101(130)105-31-45-134-43-29-84(121)106-55-70-56-108-99(109-57-70)118-40-38-116(39-41-118)85(122)30-44-135-46-42-115-34-36-117(37-35-115)100-110-58-74(59-111-100)95(127)119-33-28-71-49-69(19-22-73(71)60-119)54-107-94-86(93(103)112-61-113-94)87(102)72-23-27-79-77(51-72)114-98(104)138-79/h10-12,15-16,19,22-23,27,48-49,51,56-59,61-62,64-66,68,75-76,78,80-83,89-90,92,102,124-125H,13-14,17-18,20-21,24-26,28-47,50,52-55,60H2,1-9H3,(H2,104,114)(H,105,130)(H,106,121)(H3,103,107,112,113)/b12-10+,15-11+,63-16+,67-48+,102-87?/t62-,64-,65-,66-,68-,75?,76-,78+,80-,81+,82-,83-,89-,90+,92?/m1/s1. The molecule has 13 rings (SSSR count). The van der Waals surface area contributed by atoms with Gasteiger partial charge in [-0.3, -0.25) is 39.1 Å². The van der Waals surface area contributed by atoms with Crippen molar-refractivity contribution in [2.75, 3.05) is 153 Å². The number of nitrogens with two attached hydrogens (primary N) is 2. The number of nitrogens with zero attached hydrogens (tertiary/aromatic N) is 13. The number of fused-ring (bicyclic) bond motifs is 5. The maximum absolute atomic E-state index is 14.8. The molecular weight excluding hydrogens is 1780 g/mol. The van der Waals surface area contributed by atoms with Crippen LogP contribution in [-0.4, -0.2) is 305 Å². The number of benzene rings is 2. The van der Waals surface area contributed by atoms with Gasteiger partial charge in [-0.15, -0.1) is 0 Å². The number of carbonyl (C=O) groups excluding carboxylic acids is 8. The maximum Gasteiger partial charge on any atom is 0.407 e. The summed E-state index contributed by atoms with van der Waals surface area (Å²) in [4.78, 5) is 153. The van der Waals surface area contributed by atoms with Gasteiger partial charge in [-0.05, 0) is 155 Å². The van der Waals surface area contributed by atoms with Crippen LogP contribution in [0.4, 0.5) is 34.3 Å². The van der Waals surface area contributed by atoms with Gasteiger partial charge in [-0.2, -0.15) is 4.98 Å². The van der Waals surface area contributed by atoms with Crippen molar-refractivity contribution in [3.63, 3.8) is 0 Å². The molecule has 7 aliphatic rings. The van der Waals surface area contributed by atoms with E-state index in [1.54, 1.807) is 84.2 Å². The number of carbonyl (C=O) groups is 8. The third kappa shape index (κ3) is 28.8. The smallest absolute Gasteiger partial charge is 0.407 e. The van der Waals surface area contributed by atoms with Crippen molar-refractivity contribution < 1.29 is 90.9 Å². The van der Waals surface area contributed by atoms with Crippen molar-refractivity contribution in [1.82, 2.24) is 65.1 Å². The number of aliphatic hydroxyl groups is 2. The Morgan fingerprint density at radius 3 is 2.13 bits per heavy atom. The van der Waals surface area contributed by atoms with Crippen LogP contribution in [-0.2, 0) is 92.7 Å². The van der Waals surface area contributed by atoms with Crippen molar-refractivity contribution in [3.05, 3.63) is 154 Å². The van der Waals surface area contributed by atoms with Crippen LogP contribution >= 0.6 is 0 Å². The highest BCUT2D eigenvalue weighted by molar-refractivity contribution is 6.38. The summed E-state index contributed by atoms with van der Waals surface area (Å²) in [6.45, 7) is 19.9. The normalized spacial score (nSPS) is 26.7. The van der Waals surface area contributed by atoms with E-state index in [9.17, 15) is 48.6 Å². The van der Waals surface area contributed by atoms with E-state index in [1.165, 1.54) is 11.2 Å². The number of piperidine rings is 1. The molecule has 1 aliphatic carbocycles. The van der Waals surface area contributed by atoms with Crippen molar-refractivity contribution in [3.8, 4) is 0 Å². The third-order valence-corrected chi connectivity index (χ3v) is 27.8. The number of amides is 5. The number of cyclic esters (lactones) is 1. The molecule has 10 N–H and O–H groups in total. The van der Waals surface area contributed by atoms with Gasteiger partial charge in [0.25, 0.3) is 17.8 Å². The molecule has 5 amide bonds. The Balaban J connectivity index is 0.479. The minimum Gasteiger partial charge on any atom is -0.461 e. The molecule has 1 saturated carbocycles. The number of piperazine rings is 2. The van der Waals surface area contributed by atoms with Crippen LogP contribution in [0.3, 0.4) is 0 Å². The van der Waals surface area contributed by atoms with Crippen molar-refractivity contribution >= 4 is 93.6 Å². The average molecular weight is 1920 g/mol. The Labute approximate surface area is 812 Å². The fourth-order valence-electron chi connectivity index (χ4n) is 19.5. The van der Waals surface area contributed by atoms with E-state index >= 15 is 0 Å². The summed E-state index contributed by atoms with van der Waals surface area (Å²) < 4.78 is 53.9. The Morgan fingerprint density at radius 1 is 0.647 bits per heavy atom. The number of hydrogen-bond donors (Lipinski definition) is 8. The molecule has 4 saturated heterocycles. The zero-order valence-electron chi connectivity index (χ0n) is 81.5. The number of nitrogens with one attached hydrogen (secondary N) is 4. The Bertz CT molecular complexity index is 5290. The lowest BCUT2D eigenvalue weighted by molar-refractivity contribution is -0.169. The van der Waals surface area contributed by atoms with Gasteiger partial charge in [-0.25, -0.2) is 39.5 Å². The second kappa shape index (κ2) is 51.0. The molecule has 139 heavy (non-hydrogen) atoms. The van der Waals surface area contributed by atoms with E-state index in [0.717, 1.165) is 35.4 Å². The van der Waals surface area contributed by atoms with Crippen LogP contribution in [0.1, 0.15) is 182 Å². The monoisotopic (exact) mass is 1920 g/mol. The minimum absolute atomic E-state index is 0.0243. The lowest BCUT2D eigenvalue weighted by atomic mass is 9.81. The number of esters is 1. The number of ketones is 2. The molecule has 6 aromatic rings. The number of aliphatic hydroxyl groups excluding tert-OH is 2. The van der Waals surface area contributed by atoms with Gasteiger partial charge in [0, 0.05) is 187 Å². The number of aromatic nitrogens is 7. The molecule has 0 spiro atoms. The SMILES string of the molecule is CO[C@H]1CC2CC[C@@H](C)C(O2)C(=O)C(=O)N2CCCC[C@H]2C(=O)O[C@H](CC[C@@H]2CC[C@@H](OC(=O)NCCOCCC(=O)NCc3cnc(N4CCN(C(=O)CCOCCN5CCN(c6ncc(C(=O)N7CCc8cc(CNc9ncnc(N)c9C(=N)c9ccc%10oc(N)nc%10c9)ccc8C7)cn6)CC5)CC4)nc3)[C@H](OC)C2)C[C@@H](OC)[C@H](C)/C=C(\C)[C@@H](O)[C@@H](O)C(=O)[C@H](C)C[C@H](C)/C=C/C=C/C=C/1C. The first-order valence-electron chi connectivity index (χ1n) is 49.0. The lowest BCUT2D eigenvalue weighted by Crippen LogP contribution is -2.55. The molecule has 2 unspecified atom stereocenters. The number of methoxy groups -OCH3 is 3. The largest absolute Gasteiger partial charge is 0.461 e. The Morgan fingerprint density at radius 2 is 1.38 bits per heavy atom. The highest BCUT2D eigenvalue weighted by atomic mass is 16.6. The molecule has 0 radical (unpaired) electrons. The van der Waals surface area contributed by atoms with Gasteiger partial charge < -0.3 is 104 Å². The number of hydrogen-bond acceptors (Lipinski definition) is 33. The van der Waals surface area contributed by atoms with E-state index in [-0.39, 0.29) is 117 Å². The van der Waals surface area contributed by atoms with Crippen LogP contribution in [0, 0.1) is 35.0 Å². The number of rotatable bonds is 29. The molecular formula is C101H139N19O19. The van der Waals surface area contributed by atoms with Crippen molar-refractivity contribution in [2.24, 2.45) is 29.6 Å². The van der Waals surface area contributed by atoms with Gasteiger partial charge in [0.05, 0.1) is 74.1 Å². The van der Waals surface area contributed by atoms with Crippen LogP contribution in [0.5, 0.6) is 0 Å². The third-order valence-electron chi connectivity index (χ3n) is 27.8. The minimum atomic E-state index is -1.68. The summed E-state index contributed by atoms with van der Waals surface area (Å²) in [7, 11) is 4.74. The number of nitrogen functional groups attached to an aromatic ring is 2. The van der Waals surface area contributed by atoms with Crippen LogP contribution in [0.25, 0.3) is 11.1 Å². The summed E-state index contributed by atoms with van der Waals surface area (Å²) >= 11 is 0. The zero-order chi connectivity index (χ0) is 98.8. The molecule has 2 aromatic carbocycles. The predicted octanol–water partition coefficient (Wildman–Crippen LogP) is 8.64. The van der Waals surface area contributed by atoms with Crippen LogP contribution < -0.4 is 37.2 Å². The summed E-state index contributed by atoms with van der Waals surface area (Å²) in [6, 6.07) is 10.3. The summed E-state index contributed by atoms with van der Waals surface area (Å²) in [5.74, 6) is -2.45. The molecule has 10 heterocycles. The topological polar surface area (TPSA) is 486 Å². The Hall–Kier alpha value is -11.6. The number of allylic oxidation sites excluding steroid dienone is 5. The first kappa shape index (κ1) is 105. The summed E-state index contributed by atoms with van der Waals surface area (Å²) in [5.41, 5.74) is 19.8. The molecule has 5 fully saturated rings. The van der Waals surface area contributed by atoms with E-state index in [0.29, 0.717) is 219 Å². The van der Waals surface area contributed by atoms with Crippen LogP contribution in [0.15, 0.2) is 120 Å². The second-order valence-corrected chi connectivity index (χ2v) is 37.8. The first-order chi connectivity index (χ1) is 67.1. The van der Waals surface area contributed by atoms with Gasteiger partial charge in [-0.1, -0.05) is 82.4 Å².